The molecule has 0 bridgehead atoms. The second-order valence-corrected chi connectivity index (χ2v) is 5.31. The van der Waals surface area contributed by atoms with Crippen molar-refractivity contribution in [3.8, 4) is 6.07 Å². The van der Waals surface area contributed by atoms with Gasteiger partial charge in [-0.1, -0.05) is 23.7 Å². The number of nitriles is 1. The molecule has 0 spiro atoms. The van der Waals surface area contributed by atoms with Gasteiger partial charge in [-0.25, -0.2) is 4.98 Å². The van der Waals surface area contributed by atoms with Crippen LogP contribution in [0.15, 0.2) is 30.3 Å². The van der Waals surface area contributed by atoms with Gasteiger partial charge >= 0.3 is 0 Å². The molecule has 3 nitrogen and oxygen atoms in total. The topological polar surface area (TPSA) is 39.9 Å². The molecule has 0 aliphatic carbocycles. The van der Waals surface area contributed by atoms with Gasteiger partial charge in [0.05, 0.1) is 5.56 Å². The average Bonchev–Trinajstić information content (AvgIpc) is 2.40. The van der Waals surface area contributed by atoms with Crippen molar-refractivity contribution in [3.05, 3.63) is 57.7 Å². The Morgan fingerprint density at radius 3 is 2.50 bits per heavy atom. The van der Waals surface area contributed by atoms with E-state index in [2.05, 4.69) is 11.1 Å². The number of aromatic nitrogens is 1. The van der Waals surface area contributed by atoms with Gasteiger partial charge < -0.3 is 4.90 Å². The van der Waals surface area contributed by atoms with E-state index in [1.165, 1.54) is 0 Å². The highest BCUT2D eigenvalue weighted by atomic mass is 35.5. The summed E-state index contributed by atoms with van der Waals surface area (Å²) in [6, 6.07) is 11.9. The first-order valence-electron chi connectivity index (χ1n) is 6.35. The molecule has 1 aromatic heterocycles. The molecule has 20 heavy (non-hydrogen) atoms. The van der Waals surface area contributed by atoms with Crippen LogP contribution in [0.5, 0.6) is 0 Å². The molecule has 0 saturated heterocycles. The zero-order valence-electron chi connectivity index (χ0n) is 11.8. The molecule has 4 heteroatoms. The van der Waals surface area contributed by atoms with Crippen LogP contribution in [-0.4, -0.2) is 12.0 Å². The van der Waals surface area contributed by atoms with Crippen molar-refractivity contribution in [1.82, 2.24) is 4.98 Å². The van der Waals surface area contributed by atoms with Crippen molar-refractivity contribution in [3.63, 3.8) is 0 Å². The standard InChI is InChI=1S/C16H16ClN3/c1-11-8-12(2)19-16(15(11)9-18)20(3)10-13-4-6-14(17)7-5-13/h4-8H,10H2,1-3H3. The van der Waals surface area contributed by atoms with E-state index in [1.54, 1.807) is 0 Å². The lowest BCUT2D eigenvalue weighted by Gasteiger charge is -2.21. The van der Waals surface area contributed by atoms with Crippen molar-refractivity contribution in [2.75, 3.05) is 11.9 Å². The van der Waals surface area contributed by atoms with Crippen molar-refractivity contribution >= 4 is 17.4 Å². The Hall–Kier alpha value is -2.05. The molecule has 2 rings (SSSR count). The molecular weight excluding hydrogens is 270 g/mol. The van der Waals surface area contributed by atoms with Gasteiger partial charge in [0.25, 0.3) is 0 Å². The highest BCUT2D eigenvalue weighted by molar-refractivity contribution is 6.30. The number of rotatable bonds is 3. The Kier molecular flexibility index (Phi) is 4.26. The molecule has 0 saturated carbocycles. The summed E-state index contributed by atoms with van der Waals surface area (Å²) in [6.45, 7) is 4.56. The largest absolute Gasteiger partial charge is 0.354 e. The quantitative estimate of drug-likeness (QED) is 0.860. The highest BCUT2D eigenvalue weighted by Gasteiger charge is 2.13. The van der Waals surface area contributed by atoms with Crippen LogP contribution in [0, 0.1) is 25.2 Å². The third-order valence-corrected chi connectivity index (χ3v) is 3.38. The van der Waals surface area contributed by atoms with E-state index in [9.17, 15) is 5.26 Å². The lowest BCUT2D eigenvalue weighted by Crippen LogP contribution is -2.19. The molecule has 0 N–H and O–H groups in total. The van der Waals surface area contributed by atoms with Gasteiger partial charge in [0.2, 0.25) is 0 Å². The highest BCUT2D eigenvalue weighted by Crippen LogP contribution is 2.22. The lowest BCUT2D eigenvalue weighted by atomic mass is 10.1. The van der Waals surface area contributed by atoms with Gasteiger partial charge in [-0.05, 0) is 43.2 Å². The second kappa shape index (κ2) is 5.94. The fourth-order valence-electron chi connectivity index (χ4n) is 2.17. The Bertz CT molecular complexity index is 657. The minimum Gasteiger partial charge on any atom is -0.354 e. The first-order valence-corrected chi connectivity index (χ1v) is 6.73. The Morgan fingerprint density at radius 1 is 1.25 bits per heavy atom. The summed E-state index contributed by atoms with van der Waals surface area (Å²) in [7, 11) is 1.94. The summed E-state index contributed by atoms with van der Waals surface area (Å²) in [4.78, 5) is 6.48. The first kappa shape index (κ1) is 14.4. The maximum Gasteiger partial charge on any atom is 0.147 e. The van der Waals surface area contributed by atoms with Gasteiger partial charge in [-0.3, -0.25) is 0 Å². The van der Waals surface area contributed by atoms with Crippen LogP contribution >= 0.6 is 11.6 Å². The van der Waals surface area contributed by atoms with Gasteiger partial charge in [0.15, 0.2) is 0 Å². The monoisotopic (exact) mass is 285 g/mol. The van der Waals surface area contributed by atoms with Gasteiger partial charge in [0.1, 0.15) is 11.9 Å². The minimum atomic E-state index is 0.632. The molecule has 0 aliphatic rings. The predicted octanol–water partition coefficient (Wildman–Crippen LogP) is 3.86. The van der Waals surface area contributed by atoms with E-state index in [-0.39, 0.29) is 0 Å². The summed E-state index contributed by atoms with van der Waals surface area (Å²) in [5.74, 6) is 0.722. The molecular formula is C16H16ClN3. The number of hydrogen-bond donors (Lipinski definition) is 0. The molecule has 0 unspecified atom stereocenters. The minimum absolute atomic E-state index is 0.632. The number of hydrogen-bond acceptors (Lipinski definition) is 3. The van der Waals surface area contributed by atoms with Crippen LogP contribution in [0.25, 0.3) is 0 Å². The molecule has 2 aromatic rings. The van der Waals surface area contributed by atoms with Crippen molar-refractivity contribution in [2.24, 2.45) is 0 Å². The SMILES string of the molecule is Cc1cc(C)c(C#N)c(N(C)Cc2ccc(Cl)cc2)n1. The normalized spacial score (nSPS) is 10.2. The van der Waals surface area contributed by atoms with Crippen LogP contribution in [0.2, 0.25) is 5.02 Å². The summed E-state index contributed by atoms with van der Waals surface area (Å²) in [5, 5.41) is 10.0. The zero-order chi connectivity index (χ0) is 14.7. The van der Waals surface area contributed by atoms with E-state index in [0.717, 1.165) is 27.7 Å². The number of halogens is 1. The van der Waals surface area contributed by atoms with Crippen LogP contribution in [-0.2, 0) is 6.54 Å². The van der Waals surface area contributed by atoms with Crippen LogP contribution in [0.4, 0.5) is 5.82 Å². The summed E-state index contributed by atoms with van der Waals surface area (Å²) in [5.41, 5.74) is 3.63. The van der Waals surface area contributed by atoms with Gasteiger partial charge in [0, 0.05) is 24.3 Å². The Balaban J connectivity index is 2.32. The molecule has 1 heterocycles. The number of pyridine rings is 1. The van der Waals surface area contributed by atoms with Gasteiger partial charge in [-0.15, -0.1) is 0 Å². The van der Waals surface area contributed by atoms with E-state index in [0.29, 0.717) is 12.1 Å². The maximum absolute atomic E-state index is 9.31. The average molecular weight is 286 g/mol. The molecule has 0 aliphatic heterocycles. The molecule has 0 amide bonds. The number of anilines is 1. The Labute approximate surface area is 124 Å². The van der Waals surface area contributed by atoms with E-state index >= 15 is 0 Å². The fourth-order valence-corrected chi connectivity index (χ4v) is 2.30. The van der Waals surface area contributed by atoms with E-state index < -0.39 is 0 Å². The number of benzene rings is 1. The van der Waals surface area contributed by atoms with E-state index in [4.69, 9.17) is 11.6 Å². The van der Waals surface area contributed by atoms with E-state index in [1.807, 2.05) is 56.1 Å². The summed E-state index contributed by atoms with van der Waals surface area (Å²) in [6.07, 6.45) is 0. The fraction of sp³-hybridized carbons (Fsp3) is 0.250. The van der Waals surface area contributed by atoms with Crippen LogP contribution in [0.1, 0.15) is 22.4 Å². The zero-order valence-corrected chi connectivity index (χ0v) is 12.6. The lowest BCUT2D eigenvalue weighted by molar-refractivity contribution is 0.887. The maximum atomic E-state index is 9.31. The summed E-state index contributed by atoms with van der Waals surface area (Å²) >= 11 is 5.89. The predicted molar refractivity (Wildman–Crippen MR) is 82.0 cm³/mol. The third kappa shape index (κ3) is 3.09. The molecule has 0 fully saturated rings. The number of aryl methyl sites for hydroxylation is 2. The third-order valence-electron chi connectivity index (χ3n) is 3.13. The van der Waals surface area contributed by atoms with Gasteiger partial charge in [-0.2, -0.15) is 5.26 Å². The molecule has 0 radical (unpaired) electrons. The smallest absolute Gasteiger partial charge is 0.147 e. The Morgan fingerprint density at radius 2 is 1.90 bits per heavy atom. The summed E-state index contributed by atoms with van der Waals surface area (Å²) < 4.78 is 0. The van der Waals surface area contributed by atoms with Crippen molar-refractivity contribution < 1.29 is 0 Å². The van der Waals surface area contributed by atoms with Crippen molar-refractivity contribution in [1.29, 1.82) is 5.26 Å². The van der Waals surface area contributed by atoms with Crippen LogP contribution in [0.3, 0.4) is 0 Å². The second-order valence-electron chi connectivity index (χ2n) is 4.87. The first-order chi connectivity index (χ1) is 9.51. The van der Waals surface area contributed by atoms with Crippen LogP contribution < -0.4 is 4.90 Å². The van der Waals surface area contributed by atoms with Crippen molar-refractivity contribution in [2.45, 2.75) is 20.4 Å². The molecule has 1 aromatic carbocycles. The molecule has 0 atom stereocenters. The molecule has 102 valence electrons. The number of nitrogens with zero attached hydrogens (tertiary/aromatic N) is 3.